The summed E-state index contributed by atoms with van der Waals surface area (Å²) in [4.78, 5) is 37.3. The van der Waals surface area contributed by atoms with Gasteiger partial charge in [0.05, 0.1) is 12.6 Å². The molecule has 1 saturated heterocycles. The van der Waals surface area contributed by atoms with Crippen molar-refractivity contribution in [3.8, 4) is 5.75 Å². The average Bonchev–Trinajstić information content (AvgIpc) is 3.34. The zero-order valence-corrected chi connectivity index (χ0v) is 16.2. The van der Waals surface area contributed by atoms with Gasteiger partial charge in [0.1, 0.15) is 5.75 Å². The molecule has 150 valence electrons. The van der Waals surface area contributed by atoms with Crippen LogP contribution >= 0.6 is 0 Å². The second-order valence-electron chi connectivity index (χ2n) is 7.58. The number of carbonyl (C=O) groups excluding carboxylic acids is 3. The molecule has 29 heavy (non-hydrogen) atoms. The van der Waals surface area contributed by atoms with E-state index in [0.29, 0.717) is 11.3 Å². The number of likely N-dealkylation sites (tertiary alicyclic amines) is 1. The molecule has 0 atom stereocenters. The van der Waals surface area contributed by atoms with E-state index < -0.39 is 0 Å². The van der Waals surface area contributed by atoms with Gasteiger partial charge in [-0.25, -0.2) is 0 Å². The predicted octanol–water partition coefficient (Wildman–Crippen LogP) is 3.91. The summed E-state index contributed by atoms with van der Waals surface area (Å²) in [6.07, 6.45) is 5.40. The highest BCUT2D eigenvalue weighted by Gasteiger charge is 2.28. The molecule has 1 aliphatic heterocycles. The van der Waals surface area contributed by atoms with Crippen LogP contribution in [-0.4, -0.2) is 28.7 Å². The summed E-state index contributed by atoms with van der Waals surface area (Å²) < 4.78 is 5.99. The highest BCUT2D eigenvalue weighted by molar-refractivity contribution is 6.04. The number of amides is 3. The fourth-order valence-electron chi connectivity index (χ4n) is 3.79. The van der Waals surface area contributed by atoms with Crippen molar-refractivity contribution >= 4 is 23.4 Å². The Morgan fingerprint density at radius 2 is 1.69 bits per heavy atom. The van der Waals surface area contributed by atoms with Crippen LogP contribution in [0.25, 0.3) is 0 Å². The molecule has 2 aromatic rings. The van der Waals surface area contributed by atoms with Crippen LogP contribution in [0, 0.1) is 0 Å². The van der Waals surface area contributed by atoms with Crippen LogP contribution in [0.15, 0.2) is 48.5 Å². The minimum atomic E-state index is -0.220. The normalized spacial score (nSPS) is 17.0. The maximum absolute atomic E-state index is 12.6. The quantitative estimate of drug-likeness (QED) is 0.757. The van der Waals surface area contributed by atoms with Crippen LogP contribution in [0.3, 0.4) is 0 Å². The predicted molar refractivity (Wildman–Crippen MR) is 109 cm³/mol. The van der Waals surface area contributed by atoms with Crippen LogP contribution in [0.5, 0.6) is 5.75 Å². The number of anilines is 1. The summed E-state index contributed by atoms with van der Waals surface area (Å²) in [6.45, 7) is 0.250. The van der Waals surface area contributed by atoms with Crippen LogP contribution < -0.4 is 10.1 Å². The Hall–Kier alpha value is -3.15. The first-order valence-corrected chi connectivity index (χ1v) is 10.1. The summed E-state index contributed by atoms with van der Waals surface area (Å²) >= 11 is 0. The molecule has 4 rings (SSSR count). The number of nitrogens with zero attached hydrogens (tertiary/aromatic N) is 1. The zero-order valence-electron chi connectivity index (χ0n) is 16.2. The van der Waals surface area contributed by atoms with E-state index in [9.17, 15) is 14.4 Å². The van der Waals surface area contributed by atoms with E-state index in [1.165, 1.54) is 17.7 Å². The monoisotopic (exact) mass is 392 g/mol. The Morgan fingerprint density at radius 1 is 1.00 bits per heavy atom. The molecule has 2 fully saturated rings. The SMILES string of the molecule is O=C(Nc1cccc(OC2CCCC2)c1)c1ccc(CN2C(=O)CCC2=O)cc1. The lowest BCUT2D eigenvalue weighted by atomic mass is 10.1. The highest BCUT2D eigenvalue weighted by Crippen LogP contribution is 2.26. The molecule has 0 unspecified atom stereocenters. The molecule has 1 saturated carbocycles. The average molecular weight is 392 g/mol. The van der Waals surface area contributed by atoms with Crippen molar-refractivity contribution < 1.29 is 19.1 Å². The molecule has 2 aromatic carbocycles. The third kappa shape index (κ3) is 4.65. The van der Waals surface area contributed by atoms with Crippen molar-refractivity contribution in [2.75, 3.05) is 5.32 Å². The van der Waals surface area contributed by atoms with Gasteiger partial charge in [-0.2, -0.15) is 0 Å². The van der Waals surface area contributed by atoms with Crippen molar-refractivity contribution in [1.29, 1.82) is 0 Å². The number of nitrogens with one attached hydrogen (secondary N) is 1. The molecule has 0 radical (unpaired) electrons. The number of hydrogen-bond donors (Lipinski definition) is 1. The molecule has 2 aliphatic rings. The van der Waals surface area contributed by atoms with Crippen molar-refractivity contribution in [3.05, 3.63) is 59.7 Å². The summed E-state index contributed by atoms with van der Waals surface area (Å²) in [6, 6.07) is 14.4. The number of benzene rings is 2. The molecule has 6 nitrogen and oxygen atoms in total. The smallest absolute Gasteiger partial charge is 0.255 e. The van der Waals surface area contributed by atoms with Gasteiger partial charge >= 0.3 is 0 Å². The fourth-order valence-corrected chi connectivity index (χ4v) is 3.79. The van der Waals surface area contributed by atoms with Crippen molar-refractivity contribution in [1.82, 2.24) is 4.90 Å². The molecule has 0 bridgehead atoms. The molecular weight excluding hydrogens is 368 g/mol. The van der Waals surface area contributed by atoms with Gasteiger partial charge in [-0.15, -0.1) is 0 Å². The molecule has 1 heterocycles. The van der Waals surface area contributed by atoms with Gasteiger partial charge in [0.2, 0.25) is 11.8 Å². The van der Waals surface area contributed by atoms with E-state index in [1.807, 2.05) is 24.3 Å². The topological polar surface area (TPSA) is 75.7 Å². The van der Waals surface area contributed by atoms with Gasteiger partial charge in [0.15, 0.2) is 0 Å². The van der Waals surface area contributed by atoms with Gasteiger partial charge < -0.3 is 10.1 Å². The molecule has 1 aliphatic carbocycles. The third-order valence-electron chi connectivity index (χ3n) is 5.41. The van der Waals surface area contributed by atoms with Crippen LogP contribution in [0.1, 0.15) is 54.4 Å². The number of carbonyl (C=O) groups is 3. The lowest BCUT2D eigenvalue weighted by Crippen LogP contribution is -2.28. The largest absolute Gasteiger partial charge is 0.490 e. The highest BCUT2D eigenvalue weighted by atomic mass is 16.5. The van der Waals surface area contributed by atoms with Gasteiger partial charge in [0, 0.05) is 30.2 Å². The maximum Gasteiger partial charge on any atom is 0.255 e. The Kier molecular flexibility index (Phi) is 5.60. The minimum Gasteiger partial charge on any atom is -0.490 e. The summed E-state index contributed by atoms with van der Waals surface area (Å²) in [5.74, 6) is 0.265. The Morgan fingerprint density at radius 3 is 2.38 bits per heavy atom. The van der Waals surface area contributed by atoms with Crippen LogP contribution in [-0.2, 0) is 16.1 Å². The van der Waals surface area contributed by atoms with Crippen molar-refractivity contribution in [2.45, 2.75) is 51.2 Å². The number of imide groups is 1. The summed E-state index contributed by atoms with van der Waals surface area (Å²) in [7, 11) is 0. The lowest BCUT2D eigenvalue weighted by Gasteiger charge is -2.15. The molecule has 0 aromatic heterocycles. The second kappa shape index (κ2) is 8.47. The Bertz CT molecular complexity index is 901. The summed E-state index contributed by atoms with van der Waals surface area (Å²) in [5.41, 5.74) is 2.01. The Balaban J connectivity index is 1.37. The standard InChI is InChI=1S/C23H24N2O4/c26-21-12-13-22(27)25(21)15-16-8-10-17(11-9-16)23(28)24-18-4-3-7-20(14-18)29-19-5-1-2-6-19/h3-4,7-11,14,19H,1-2,5-6,12-13,15H2,(H,24,28). The van der Waals surface area contributed by atoms with Crippen LogP contribution in [0.4, 0.5) is 5.69 Å². The van der Waals surface area contributed by atoms with E-state index in [1.54, 1.807) is 24.3 Å². The first-order valence-electron chi connectivity index (χ1n) is 10.1. The fraction of sp³-hybridized carbons (Fsp3) is 0.348. The summed E-state index contributed by atoms with van der Waals surface area (Å²) in [5, 5.41) is 2.89. The molecule has 6 heteroatoms. The lowest BCUT2D eigenvalue weighted by molar-refractivity contribution is -0.139. The van der Waals surface area contributed by atoms with Gasteiger partial charge in [-0.1, -0.05) is 18.2 Å². The molecule has 3 amide bonds. The number of ether oxygens (including phenoxy) is 1. The van der Waals surface area contributed by atoms with Gasteiger partial charge in [-0.05, 0) is 55.5 Å². The van der Waals surface area contributed by atoms with Crippen molar-refractivity contribution in [3.63, 3.8) is 0 Å². The number of hydrogen-bond acceptors (Lipinski definition) is 4. The third-order valence-corrected chi connectivity index (χ3v) is 5.41. The zero-order chi connectivity index (χ0) is 20.2. The van der Waals surface area contributed by atoms with Gasteiger partial charge in [0.25, 0.3) is 5.91 Å². The second-order valence-corrected chi connectivity index (χ2v) is 7.58. The van der Waals surface area contributed by atoms with Crippen LogP contribution in [0.2, 0.25) is 0 Å². The number of rotatable bonds is 6. The molecule has 0 spiro atoms. The molecule has 1 N–H and O–H groups in total. The van der Waals surface area contributed by atoms with Gasteiger partial charge in [-0.3, -0.25) is 19.3 Å². The maximum atomic E-state index is 12.6. The van der Waals surface area contributed by atoms with E-state index in [2.05, 4.69) is 5.32 Å². The minimum absolute atomic E-state index is 0.142. The van der Waals surface area contributed by atoms with E-state index in [0.717, 1.165) is 24.2 Å². The van der Waals surface area contributed by atoms with E-state index in [4.69, 9.17) is 4.74 Å². The van der Waals surface area contributed by atoms with E-state index in [-0.39, 0.29) is 43.2 Å². The van der Waals surface area contributed by atoms with Crippen molar-refractivity contribution in [2.24, 2.45) is 0 Å². The Labute approximate surface area is 169 Å². The molecular formula is C23H24N2O4. The van der Waals surface area contributed by atoms with E-state index >= 15 is 0 Å². The first kappa shape index (κ1) is 19.2. The first-order chi connectivity index (χ1) is 14.1.